The first-order valence-electron chi connectivity index (χ1n) is 5.65. The van der Waals surface area contributed by atoms with E-state index in [4.69, 9.17) is 27.9 Å². The average molecular weight is 284 g/mol. The van der Waals surface area contributed by atoms with Gasteiger partial charge in [0.1, 0.15) is 11.6 Å². The van der Waals surface area contributed by atoms with E-state index in [1.165, 1.54) is 0 Å². The van der Waals surface area contributed by atoms with Gasteiger partial charge in [0.15, 0.2) is 0 Å². The molecule has 3 rings (SSSR count). The van der Waals surface area contributed by atoms with Gasteiger partial charge in [-0.2, -0.15) is 0 Å². The van der Waals surface area contributed by atoms with Gasteiger partial charge in [0.25, 0.3) is 0 Å². The minimum Gasteiger partial charge on any atom is -0.497 e. The smallest absolute Gasteiger partial charge is 0.229 e. The summed E-state index contributed by atoms with van der Waals surface area (Å²) in [6.07, 6.45) is 2.24. The molecule has 0 unspecified atom stereocenters. The normalized spacial score (nSPS) is 14.8. The molecule has 6 heteroatoms. The Morgan fingerprint density at radius 3 is 2.72 bits per heavy atom. The topological polar surface area (TPSA) is 39.9 Å². The molecule has 2 aromatic rings. The Morgan fingerprint density at radius 2 is 2.06 bits per heavy atom. The molecule has 1 heterocycles. The van der Waals surface area contributed by atoms with Crippen LogP contribution < -0.4 is 4.74 Å². The van der Waals surface area contributed by atoms with E-state index in [0.717, 1.165) is 30.1 Å². The predicted molar refractivity (Wildman–Crippen MR) is 69.9 cm³/mol. The summed E-state index contributed by atoms with van der Waals surface area (Å²) < 4.78 is 7.00. The van der Waals surface area contributed by atoms with Crippen LogP contribution in [0.2, 0.25) is 10.3 Å². The quantitative estimate of drug-likeness (QED) is 0.866. The van der Waals surface area contributed by atoms with Crippen molar-refractivity contribution in [3.63, 3.8) is 0 Å². The molecule has 1 fully saturated rings. The largest absolute Gasteiger partial charge is 0.497 e. The number of ether oxygens (including phenoxy) is 1. The predicted octanol–water partition coefficient (Wildman–Crippen LogP) is 3.46. The Kier molecular flexibility index (Phi) is 2.92. The Labute approximate surface area is 114 Å². The molecule has 0 aliphatic heterocycles. The van der Waals surface area contributed by atoms with Crippen molar-refractivity contribution in [2.24, 2.45) is 0 Å². The molecule has 0 bridgehead atoms. The second-order valence-electron chi connectivity index (χ2n) is 4.25. The SMILES string of the molecule is COc1ccc(Cl)c(-n2c(Cl)nnc2C2CC2)c1. The van der Waals surface area contributed by atoms with Crippen molar-refractivity contribution in [2.45, 2.75) is 18.8 Å². The number of hydrogen-bond acceptors (Lipinski definition) is 3. The maximum atomic E-state index is 6.22. The van der Waals surface area contributed by atoms with E-state index in [1.807, 2.05) is 6.07 Å². The summed E-state index contributed by atoms with van der Waals surface area (Å²) in [5.41, 5.74) is 0.757. The fraction of sp³-hybridized carbons (Fsp3) is 0.333. The Balaban J connectivity index is 2.16. The van der Waals surface area contributed by atoms with Gasteiger partial charge in [-0.1, -0.05) is 11.6 Å². The summed E-state index contributed by atoms with van der Waals surface area (Å²) >= 11 is 12.3. The van der Waals surface area contributed by atoms with E-state index in [-0.39, 0.29) is 0 Å². The molecule has 4 nitrogen and oxygen atoms in total. The lowest BCUT2D eigenvalue weighted by molar-refractivity contribution is 0.414. The number of hydrogen-bond donors (Lipinski definition) is 0. The van der Waals surface area contributed by atoms with Crippen molar-refractivity contribution in [3.05, 3.63) is 34.3 Å². The lowest BCUT2D eigenvalue weighted by Gasteiger charge is -2.10. The molecule has 1 aromatic carbocycles. The van der Waals surface area contributed by atoms with E-state index < -0.39 is 0 Å². The van der Waals surface area contributed by atoms with Crippen LogP contribution in [0.3, 0.4) is 0 Å². The average Bonchev–Trinajstić information content (AvgIpc) is 3.14. The molecule has 0 amide bonds. The van der Waals surface area contributed by atoms with E-state index in [2.05, 4.69) is 10.2 Å². The highest BCUT2D eigenvalue weighted by Crippen LogP contribution is 2.41. The molecule has 0 spiro atoms. The molecule has 18 heavy (non-hydrogen) atoms. The van der Waals surface area contributed by atoms with Gasteiger partial charge < -0.3 is 4.74 Å². The monoisotopic (exact) mass is 283 g/mol. The third-order valence-electron chi connectivity index (χ3n) is 2.99. The molecule has 0 atom stereocenters. The van der Waals surface area contributed by atoms with Crippen molar-refractivity contribution in [1.29, 1.82) is 0 Å². The van der Waals surface area contributed by atoms with Gasteiger partial charge in [-0.05, 0) is 36.6 Å². The number of aromatic nitrogens is 3. The Morgan fingerprint density at radius 1 is 1.28 bits per heavy atom. The van der Waals surface area contributed by atoms with Crippen LogP contribution in [0.4, 0.5) is 0 Å². The first-order valence-corrected chi connectivity index (χ1v) is 6.41. The van der Waals surface area contributed by atoms with Crippen LogP contribution in [0.15, 0.2) is 18.2 Å². The number of rotatable bonds is 3. The zero-order chi connectivity index (χ0) is 12.7. The van der Waals surface area contributed by atoms with Crippen molar-refractivity contribution in [1.82, 2.24) is 14.8 Å². The molecule has 1 aliphatic rings. The van der Waals surface area contributed by atoms with Crippen molar-refractivity contribution in [3.8, 4) is 11.4 Å². The summed E-state index contributed by atoms with van der Waals surface area (Å²) in [5, 5.41) is 8.98. The van der Waals surface area contributed by atoms with Crippen molar-refractivity contribution in [2.75, 3.05) is 7.11 Å². The van der Waals surface area contributed by atoms with Gasteiger partial charge in [-0.25, -0.2) is 0 Å². The fourth-order valence-corrected chi connectivity index (χ4v) is 2.31. The van der Waals surface area contributed by atoms with Gasteiger partial charge in [0, 0.05) is 12.0 Å². The number of methoxy groups -OCH3 is 1. The molecule has 0 radical (unpaired) electrons. The van der Waals surface area contributed by atoms with E-state index in [0.29, 0.717) is 16.2 Å². The maximum Gasteiger partial charge on any atom is 0.229 e. The number of benzene rings is 1. The highest BCUT2D eigenvalue weighted by atomic mass is 35.5. The third kappa shape index (κ3) is 1.95. The van der Waals surface area contributed by atoms with Crippen molar-refractivity contribution >= 4 is 23.2 Å². The lowest BCUT2D eigenvalue weighted by atomic mass is 10.2. The number of halogens is 2. The minimum atomic E-state index is 0.326. The molecule has 1 aliphatic carbocycles. The van der Waals surface area contributed by atoms with Gasteiger partial charge in [0.05, 0.1) is 17.8 Å². The van der Waals surface area contributed by atoms with Crippen LogP contribution in [0.5, 0.6) is 5.75 Å². The summed E-state index contributed by atoms with van der Waals surface area (Å²) in [7, 11) is 1.61. The van der Waals surface area contributed by atoms with Gasteiger partial charge >= 0.3 is 0 Å². The highest BCUT2D eigenvalue weighted by molar-refractivity contribution is 6.33. The Hall–Kier alpha value is -1.26. The minimum absolute atomic E-state index is 0.326. The van der Waals surface area contributed by atoms with E-state index in [1.54, 1.807) is 23.8 Å². The molecule has 0 N–H and O–H groups in total. The van der Waals surface area contributed by atoms with Crippen LogP contribution >= 0.6 is 23.2 Å². The van der Waals surface area contributed by atoms with Crippen molar-refractivity contribution < 1.29 is 4.74 Å². The molecule has 1 saturated carbocycles. The standard InChI is InChI=1S/C12H11Cl2N3O/c1-18-8-4-5-9(13)10(6-8)17-11(7-2-3-7)15-16-12(17)14/h4-7H,2-3H2,1H3. The summed E-state index contributed by atoms with van der Waals surface area (Å²) in [5.74, 6) is 2.03. The summed E-state index contributed by atoms with van der Waals surface area (Å²) in [6.45, 7) is 0. The lowest BCUT2D eigenvalue weighted by Crippen LogP contribution is -2.01. The van der Waals surface area contributed by atoms with Crippen LogP contribution in [0.25, 0.3) is 5.69 Å². The van der Waals surface area contributed by atoms with Crippen LogP contribution in [0, 0.1) is 0 Å². The second-order valence-corrected chi connectivity index (χ2v) is 5.00. The van der Waals surface area contributed by atoms with E-state index >= 15 is 0 Å². The molecule has 1 aromatic heterocycles. The first-order chi connectivity index (χ1) is 8.70. The van der Waals surface area contributed by atoms with Crippen LogP contribution in [0.1, 0.15) is 24.6 Å². The van der Waals surface area contributed by atoms with Gasteiger partial charge in [-0.15, -0.1) is 10.2 Å². The van der Waals surface area contributed by atoms with Crippen LogP contribution in [-0.4, -0.2) is 21.9 Å². The summed E-state index contributed by atoms with van der Waals surface area (Å²) in [4.78, 5) is 0. The van der Waals surface area contributed by atoms with E-state index in [9.17, 15) is 0 Å². The maximum absolute atomic E-state index is 6.22. The van der Waals surface area contributed by atoms with Gasteiger partial charge in [-0.3, -0.25) is 4.57 Å². The molecular weight excluding hydrogens is 273 g/mol. The first kappa shape index (κ1) is 11.8. The zero-order valence-corrected chi connectivity index (χ0v) is 11.2. The summed E-state index contributed by atoms with van der Waals surface area (Å²) in [6, 6.07) is 5.42. The third-order valence-corrected chi connectivity index (χ3v) is 3.55. The molecule has 0 saturated heterocycles. The fourth-order valence-electron chi connectivity index (χ4n) is 1.90. The zero-order valence-electron chi connectivity index (χ0n) is 9.73. The molecule has 94 valence electrons. The van der Waals surface area contributed by atoms with Crippen LogP contribution in [-0.2, 0) is 0 Å². The molecular formula is C12H11Cl2N3O. The second kappa shape index (κ2) is 4.44. The number of nitrogens with zero attached hydrogens (tertiary/aromatic N) is 3. The Bertz CT molecular complexity index is 593. The highest BCUT2D eigenvalue weighted by Gasteiger charge is 2.31. The van der Waals surface area contributed by atoms with Gasteiger partial charge in [0.2, 0.25) is 5.28 Å².